The van der Waals surface area contributed by atoms with Crippen molar-refractivity contribution < 1.29 is 4.52 Å². The lowest BCUT2D eigenvalue weighted by Gasteiger charge is -2.35. The quantitative estimate of drug-likeness (QED) is 0.296. The maximum atomic E-state index is 5.92. The molecular formula is C21H32ClIN6O. The Labute approximate surface area is 201 Å². The van der Waals surface area contributed by atoms with Crippen molar-refractivity contribution in [2.45, 2.75) is 45.1 Å². The van der Waals surface area contributed by atoms with Crippen molar-refractivity contribution in [3.05, 3.63) is 35.2 Å². The maximum Gasteiger partial charge on any atom is 0.228 e. The van der Waals surface area contributed by atoms with Crippen molar-refractivity contribution in [2.24, 2.45) is 4.99 Å². The van der Waals surface area contributed by atoms with E-state index < -0.39 is 0 Å². The lowest BCUT2D eigenvalue weighted by atomic mass is 10.0. The highest BCUT2D eigenvalue weighted by Crippen LogP contribution is 2.19. The molecule has 1 atom stereocenters. The summed E-state index contributed by atoms with van der Waals surface area (Å²) in [6.45, 7) is 6.10. The molecule has 7 nitrogen and oxygen atoms in total. The van der Waals surface area contributed by atoms with Gasteiger partial charge in [-0.15, -0.1) is 24.0 Å². The van der Waals surface area contributed by atoms with Crippen molar-refractivity contribution in [1.29, 1.82) is 0 Å². The van der Waals surface area contributed by atoms with Crippen LogP contribution in [0.25, 0.3) is 11.4 Å². The predicted octanol–water partition coefficient (Wildman–Crippen LogP) is 3.98. The topological polar surface area (TPSA) is 78.6 Å². The highest BCUT2D eigenvalue weighted by Gasteiger charge is 2.20. The van der Waals surface area contributed by atoms with E-state index in [4.69, 9.17) is 16.1 Å². The number of piperidine rings is 1. The molecule has 0 aliphatic carbocycles. The number of nitrogens with one attached hydrogen (secondary N) is 2. The molecule has 3 rings (SSSR count). The minimum absolute atomic E-state index is 0. The molecule has 0 spiro atoms. The molecule has 0 bridgehead atoms. The van der Waals surface area contributed by atoms with Crippen LogP contribution in [0.2, 0.25) is 5.02 Å². The van der Waals surface area contributed by atoms with Crippen LogP contribution in [0.1, 0.15) is 38.5 Å². The molecule has 1 saturated heterocycles. The number of rotatable bonds is 8. The summed E-state index contributed by atoms with van der Waals surface area (Å²) < 4.78 is 5.35. The summed E-state index contributed by atoms with van der Waals surface area (Å²) in [6.07, 6.45) is 5.86. The van der Waals surface area contributed by atoms with E-state index in [0.717, 1.165) is 30.7 Å². The third-order valence-corrected chi connectivity index (χ3v) is 5.59. The van der Waals surface area contributed by atoms with Crippen LogP contribution >= 0.6 is 35.6 Å². The Morgan fingerprint density at radius 3 is 2.73 bits per heavy atom. The number of benzene rings is 1. The molecule has 1 fully saturated rings. The zero-order valence-corrected chi connectivity index (χ0v) is 20.8. The Balaban J connectivity index is 0.00000320. The van der Waals surface area contributed by atoms with E-state index >= 15 is 0 Å². The lowest BCUT2D eigenvalue weighted by molar-refractivity contribution is 0.147. The summed E-state index contributed by atoms with van der Waals surface area (Å²) in [4.78, 5) is 11.3. The van der Waals surface area contributed by atoms with Crippen LogP contribution in [0.3, 0.4) is 0 Å². The summed E-state index contributed by atoms with van der Waals surface area (Å²) in [6, 6.07) is 8.12. The highest BCUT2D eigenvalue weighted by molar-refractivity contribution is 14.0. The van der Waals surface area contributed by atoms with Gasteiger partial charge in [0.05, 0.1) is 0 Å². The molecule has 2 heterocycles. The lowest BCUT2D eigenvalue weighted by Crippen LogP contribution is -2.46. The van der Waals surface area contributed by atoms with Crippen LogP contribution in [-0.2, 0) is 6.42 Å². The average molecular weight is 547 g/mol. The molecule has 166 valence electrons. The molecule has 30 heavy (non-hydrogen) atoms. The minimum atomic E-state index is 0. The standard InChI is InChI=1S/C21H31ClN6O.HI/c1-3-18-6-4-5-14-28(18)15-13-25-21(23-2)24-12-11-19-26-20(27-29-19)16-7-9-17(22)10-8-16;/h7-10,18H,3-6,11-15H2,1-2H3,(H2,23,24,25);1H. The van der Waals surface area contributed by atoms with Gasteiger partial charge in [-0.2, -0.15) is 4.98 Å². The minimum Gasteiger partial charge on any atom is -0.356 e. The fourth-order valence-corrected chi connectivity index (χ4v) is 3.84. The largest absolute Gasteiger partial charge is 0.356 e. The summed E-state index contributed by atoms with van der Waals surface area (Å²) >= 11 is 5.92. The Morgan fingerprint density at radius 2 is 2.00 bits per heavy atom. The Bertz CT molecular complexity index is 782. The molecule has 2 aromatic rings. The predicted molar refractivity (Wildman–Crippen MR) is 133 cm³/mol. The molecule has 1 unspecified atom stereocenters. The van der Waals surface area contributed by atoms with Gasteiger partial charge < -0.3 is 15.2 Å². The molecule has 0 radical (unpaired) electrons. The van der Waals surface area contributed by atoms with Gasteiger partial charge in [0, 0.05) is 49.7 Å². The third-order valence-electron chi connectivity index (χ3n) is 5.34. The molecule has 0 saturated carbocycles. The summed E-state index contributed by atoms with van der Waals surface area (Å²) in [5.74, 6) is 1.97. The first-order valence-corrected chi connectivity index (χ1v) is 10.8. The van der Waals surface area contributed by atoms with Crippen LogP contribution in [0, 0.1) is 0 Å². The zero-order chi connectivity index (χ0) is 20.5. The number of hydrogen-bond acceptors (Lipinski definition) is 5. The van der Waals surface area contributed by atoms with E-state index in [9.17, 15) is 0 Å². The van der Waals surface area contributed by atoms with E-state index in [1.165, 1.54) is 32.2 Å². The van der Waals surface area contributed by atoms with E-state index in [2.05, 4.69) is 37.6 Å². The number of guanidine groups is 1. The normalized spacial score (nSPS) is 17.4. The third kappa shape index (κ3) is 7.39. The van der Waals surface area contributed by atoms with E-state index in [1.54, 1.807) is 7.05 Å². The van der Waals surface area contributed by atoms with Gasteiger partial charge >= 0.3 is 0 Å². The van der Waals surface area contributed by atoms with Crippen molar-refractivity contribution in [3.63, 3.8) is 0 Å². The monoisotopic (exact) mass is 546 g/mol. The second-order valence-electron chi connectivity index (χ2n) is 7.29. The molecule has 9 heteroatoms. The second kappa shape index (κ2) is 13.1. The van der Waals surface area contributed by atoms with E-state index in [0.29, 0.717) is 29.7 Å². The summed E-state index contributed by atoms with van der Waals surface area (Å²) in [5.41, 5.74) is 0.887. The average Bonchev–Trinajstić information content (AvgIpc) is 3.22. The van der Waals surface area contributed by atoms with Crippen LogP contribution in [0.15, 0.2) is 33.8 Å². The number of likely N-dealkylation sites (tertiary alicyclic amines) is 1. The smallest absolute Gasteiger partial charge is 0.228 e. The van der Waals surface area contributed by atoms with Gasteiger partial charge in [-0.05, 0) is 50.1 Å². The van der Waals surface area contributed by atoms with Gasteiger partial charge in [-0.3, -0.25) is 9.89 Å². The van der Waals surface area contributed by atoms with Gasteiger partial charge in [0.2, 0.25) is 11.7 Å². The first kappa shape index (κ1) is 24.9. The number of aromatic nitrogens is 2. The van der Waals surface area contributed by atoms with Crippen molar-refractivity contribution >= 4 is 41.5 Å². The maximum absolute atomic E-state index is 5.92. The molecule has 1 aliphatic rings. The fraction of sp³-hybridized carbons (Fsp3) is 0.571. The van der Waals surface area contributed by atoms with Crippen LogP contribution < -0.4 is 10.6 Å². The van der Waals surface area contributed by atoms with Crippen molar-refractivity contribution in [1.82, 2.24) is 25.7 Å². The summed E-state index contributed by atoms with van der Waals surface area (Å²) in [5, 5.41) is 11.4. The van der Waals surface area contributed by atoms with Gasteiger partial charge in [0.25, 0.3) is 0 Å². The SMILES string of the molecule is CCC1CCCCN1CCNC(=NC)NCCc1nc(-c2ccc(Cl)cc2)no1.I. The number of halogens is 2. The summed E-state index contributed by atoms with van der Waals surface area (Å²) in [7, 11) is 1.79. The number of aliphatic imine (C=N–C) groups is 1. The molecule has 0 amide bonds. The molecule has 1 aromatic heterocycles. The Hall–Kier alpha value is -1.39. The molecular weight excluding hydrogens is 515 g/mol. The van der Waals surface area contributed by atoms with Gasteiger partial charge in [-0.1, -0.05) is 30.1 Å². The van der Waals surface area contributed by atoms with Gasteiger partial charge in [-0.25, -0.2) is 0 Å². The van der Waals surface area contributed by atoms with Crippen LogP contribution in [-0.4, -0.2) is 60.3 Å². The first-order chi connectivity index (χ1) is 14.2. The van der Waals surface area contributed by atoms with Gasteiger partial charge in [0.1, 0.15) is 0 Å². The van der Waals surface area contributed by atoms with Gasteiger partial charge in [0.15, 0.2) is 5.96 Å². The van der Waals surface area contributed by atoms with Crippen LogP contribution in [0.5, 0.6) is 0 Å². The van der Waals surface area contributed by atoms with Crippen molar-refractivity contribution in [2.75, 3.05) is 33.2 Å². The molecule has 1 aliphatic heterocycles. The Morgan fingerprint density at radius 1 is 1.23 bits per heavy atom. The number of hydrogen-bond donors (Lipinski definition) is 2. The molecule has 2 N–H and O–H groups in total. The number of nitrogens with zero attached hydrogens (tertiary/aromatic N) is 4. The highest BCUT2D eigenvalue weighted by atomic mass is 127. The zero-order valence-electron chi connectivity index (χ0n) is 17.7. The van der Waals surface area contributed by atoms with Crippen molar-refractivity contribution in [3.8, 4) is 11.4 Å². The second-order valence-corrected chi connectivity index (χ2v) is 7.72. The first-order valence-electron chi connectivity index (χ1n) is 10.5. The van der Waals surface area contributed by atoms with E-state index in [-0.39, 0.29) is 24.0 Å². The van der Waals surface area contributed by atoms with E-state index in [1.807, 2.05) is 24.3 Å². The fourth-order valence-electron chi connectivity index (χ4n) is 3.72. The molecule has 1 aromatic carbocycles. The Kier molecular flexibility index (Phi) is 10.9. The van der Waals surface area contributed by atoms with Crippen LogP contribution in [0.4, 0.5) is 0 Å².